The van der Waals surface area contributed by atoms with E-state index in [1.807, 2.05) is 32.0 Å². The van der Waals surface area contributed by atoms with Crippen LogP contribution in [0.15, 0.2) is 18.2 Å². The van der Waals surface area contributed by atoms with Crippen LogP contribution in [0.2, 0.25) is 0 Å². The molecule has 1 aliphatic heterocycles. The number of hydrogen-bond donors (Lipinski definition) is 1. The maximum atomic E-state index is 11.8. The summed E-state index contributed by atoms with van der Waals surface area (Å²) in [6.45, 7) is 6.24. The fourth-order valence-electron chi connectivity index (χ4n) is 2.62. The highest BCUT2D eigenvalue weighted by molar-refractivity contribution is 5.94. The molecule has 114 valence electrons. The van der Waals surface area contributed by atoms with Gasteiger partial charge in [0.2, 0.25) is 5.91 Å². The van der Waals surface area contributed by atoms with Crippen LogP contribution in [0.5, 0.6) is 0 Å². The predicted molar refractivity (Wildman–Crippen MR) is 82.4 cm³/mol. The molecule has 1 aromatic rings. The molecular formula is C16H22N2O3. The van der Waals surface area contributed by atoms with Crippen molar-refractivity contribution in [2.24, 2.45) is 5.92 Å². The zero-order valence-electron chi connectivity index (χ0n) is 13.0. The molecule has 1 aliphatic rings. The first-order chi connectivity index (χ1) is 9.93. The lowest BCUT2D eigenvalue weighted by Gasteiger charge is -2.21. The number of nitrogens with one attached hydrogen (secondary N) is 1. The molecule has 1 heterocycles. The predicted octanol–water partition coefficient (Wildman–Crippen LogP) is 2.21. The van der Waals surface area contributed by atoms with Crippen molar-refractivity contribution >= 4 is 23.3 Å². The Balaban J connectivity index is 2.20. The first-order valence-corrected chi connectivity index (χ1v) is 7.19. The third-order valence-corrected chi connectivity index (χ3v) is 3.80. The van der Waals surface area contributed by atoms with E-state index < -0.39 is 0 Å². The number of anilines is 2. The molecule has 0 aliphatic carbocycles. The number of rotatable bonds is 4. The summed E-state index contributed by atoms with van der Waals surface area (Å²) < 4.78 is 4.83. The summed E-state index contributed by atoms with van der Waals surface area (Å²) in [5.74, 6) is -0.0839. The average molecular weight is 290 g/mol. The van der Waals surface area contributed by atoms with Crippen LogP contribution in [0, 0.1) is 5.92 Å². The summed E-state index contributed by atoms with van der Waals surface area (Å²) in [4.78, 5) is 25.1. The summed E-state index contributed by atoms with van der Waals surface area (Å²) in [7, 11) is 1.40. The number of carbonyl (C=O) groups is 2. The molecule has 0 radical (unpaired) electrons. The van der Waals surface area contributed by atoms with E-state index in [0.29, 0.717) is 0 Å². The van der Waals surface area contributed by atoms with Crippen LogP contribution in [0.4, 0.5) is 11.4 Å². The van der Waals surface area contributed by atoms with E-state index in [1.54, 1.807) is 11.8 Å². The monoisotopic (exact) mass is 290 g/mol. The van der Waals surface area contributed by atoms with Gasteiger partial charge < -0.3 is 15.0 Å². The molecule has 1 aromatic carbocycles. The molecule has 0 fully saturated rings. The second-order valence-corrected chi connectivity index (χ2v) is 5.65. The summed E-state index contributed by atoms with van der Waals surface area (Å²) >= 11 is 0. The molecule has 1 unspecified atom stereocenters. The van der Waals surface area contributed by atoms with Gasteiger partial charge in [-0.05, 0) is 36.1 Å². The Morgan fingerprint density at radius 3 is 2.62 bits per heavy atom. The molecule has 2 rings (SSSR count). The molecule has 1 amide bonds. The van der Waals surface area contributed by atoms with Gasteiger partial charge in [0.05, 0.1) is 7.11 Å². The van der Waals surface area contributed by atoms with Crippen LogP contribution in [0.25, 0.3) is 0 Å². The zero-order chi connectivity index (χ0) is 15.6. The van der Waals surface area contributed by atoms with Crippen LogP contribution in [-0.2, 0) is 20.7 Å². The van der Waals surface area contributed by atoms with Gasteiger partial charge in [-0.2, -0.15) is 0 Å². The van der Waals surface area contributed by atoms with Crippen LogP contribution in [0.3, 0.4) is 0 Å². The van der Waals surface area contributed by atoms with Crippen molar-refractivity contribution < 1.29 is 14.3 Å². The summed E-state index contributed by atoms with van der Waals surface area (Å²) in [5.41, 5.74) is 2.97. The minimum absolute atomic E-state index is 0.0593. The number of ether oxygens (including phenoxy) is 1. The maximum absolute atomic E-state index is 11.8. The maximum Gasteiger partial charge on any atom is 0.328 e. The van der Waals surface area contributed by atoms with Crippen molar-refractivity contribution in [3.05, 3.63) is 23.8 Å². The number of fused-ring (bicyclic) bond motifs is 1. The first-order valence-electron chi connectivity index (χ1n) is 7.19. The number of methoxy groups -OCH3 is 1. The second-order valence-electron chi connectivity index (χ2n) is 5.65. The number of carbonyl (C=O) groups excluding carboxylic acids is 2. The fraction of sp³-hybridized carbons (Fsp3) is 0.500. The molecule has 21 heavy (non-hydrogen) atoms. The minimum Gasteiger partial charge on any atom is -0.467 e. The normalized spacial score (nSPS) is 14.8. The van der Waals surface area contributed by atoms with Gasteiger partial charge >= 0.3 is 5.97 Å². The van der Waals surface area contributed by atoms with E-state index in [9.17, 15) is 9.59 Å². The molecule has 1 N–H and O–H groups in total. The second kappa shape index (κ2) is 6.16. The molecule has 1 atom stereocenters. The summed E-state index contributed by atoms with van der Waals surface area (Å²) in [6.07, 6.45) is 0.842. The van der Waals surface area contributed by atoms with Crippen molar-refractivity contribution in [1.82, 2.24) is 0 Å². The van der Waals surface area contributed by atoms with E-state index >= 15 is 0 Å². The van der Waals surface area contributed by atoms with Crippen molar-refractivity contribution in [3.63, 3.8) is 0 Å². The highest BCUT2D eigenvalue weighted by Gasteiger charge is 2.25. The largest absolute Gasteiger partial charge is 0.467 e. The third kappa shape index (κ3) is 3.17. The summed E-state index contributed by atoms with van der Waals surface area (Å²) in [6, 6.07) is 5.47. The quantitative estimate of drug-likeness (QED) is 0.864. The third-order valence-electron chi connectivity index (χ3n) is 3.80. The summed E-state index contributed by atoms with van der Waals surface area (Å²) in [5, 5.41) is 3.22. The van der Waals surface area contributed by atoms with E-state index in [1.165, 1.54) is 7.11 Å². The van der Waals surface area contributed by atoms with Gasteiger partial charge in [0.25, 0.3) is 0 Å². The fourth-order valence-corrected chi connectivity index (χ4v) is 2.62. The Morgan fingerprint density at radius 2 is 2.05 bits per heavy atom. The average Bonchev–Trinajstić information content (AvgIpc) is 2.86. The Labute approximate surface area is 125 Å². The van der Waals surface area contributed by atoms with Crippen LogP contribution < -0.4 is 10.2 Å². The number of amides is 1. The van der Waals surface area contributed by atoms with Crippen molar-refractivity contribution in [2.45, 2.75) is 33.2 Å². The van der Waals surface area contributed by atoms with Gasteiger partial charge in [-0.1, -0.05) is 13.8 Å². The van der Waals surface area contributed by atoms with Gasteiger partial charge in [-0.15, -0.1) is 0 Å². The van der Waals surface area contributed by atoms with Crippen molar-refractivity contribution in [3.8, 4) is 0 Å². The molecule has 0 saturated carbocycles. The van der Waals surface area contributed by atoms with Crippen molar-refractivity contribution in [1.29, 1.82) is 0 Å². The zero-order valence-corrected chi connectivity index (χ0v) is 13.0. The van der Waals surface area contributed by atoms with Gasteiger partial charge in [-0.25, -0.2) is 4.79 Å². The van der Waals surface area contributed by atoms with Crippen LogP contribution in [0.1, 0.15) is 26.3 Å². The minimum atomic E-state index is -0.377. The molecule has 5 nitrogen and oxygen atoms in total. The lowest BCUT2D eigenvalue weighted by Crippen LogP contribution is -2.35. The van der Waals surface area contributed by atoms with E-state index in [2.05, 4.69) is 5.32 Å². The van der Waals surface area contributed by atoms with Gasteiger partial charge in [-0.3, -0.25) is 4.79 Å². The number of hydrogen-bond acceptors (Lipinski definition) is 4. The highest BCUT2D eigenvalue weighted by atomic mass is 16.5. The van der Waals surface area contributed by atoms with Gasteiger partial charge in [0.1, 0.15) is 6.04 Å². The number of benzene rings is 1. The first kappa shape index (κ1) is 15.4. The van der Waals surface area contributed by atoms with E-state index in [-0.39, 0.29) is 23.8 Å². The van der Waals surface area contributed by atoms with E-state index in [0.717, 1.165) is 29.9 Å². The topological polar surface area (TPSA) is 58.6 Å². The molecule has 0 spiro atoms. The number of nitrogens with zero attached hydrogens (tertiary/aromatic N) is 1. The Bertz CT molecular complexity index is 554. The Morgan fingerprint density at radius 1 is 1.33 bits per heavy atom. The lowest BCUT2D eigenvalue weighted by molar-refractivity contribution is -0.142. The van der Waals surface area contributed by atoms with Gasteiger partial charge in [0.15, 0.2) is 0 Å². The van der Waals surface area contributed by atoms with Crippen LogP contribution in [-0.4, -0.2) is 31.6 Å². The Hall–Kier alpha value is -2.04. The Kier molecular flexibility index (Phi) is 4.50. The SMILES string of the molecule is COC(=O)C(Nc1ccc2c(c1)CCN2C(C)=O)C(C)C. The molecule has 0 saturated heterocycles. The molecule has 0 aromatic heterocycles. The molecule has 5 heteroatoms. The van der Waals surface area contributed by atoms with Crippen molar-refractivity contribution in [2.75, 3.05) is 23.9 Å². The smallest absolute Gasteiger partial charge is 0.328 e. The molecular weight excluding hydrogens is 268 g/mol. The van der Waals surface area contributed by atoms with E-state index in [4.69, 9.17) is 4.74 Å². The number of esters is 1. The standard InChI is InChI=1S/C16H22N2O3/c1-10(2)15(16(20)21-4)17-13-5-6-14-12(9-13)7-8-18(14)11(3)19/h5-6,9-10,15,17H,7-8H2,1-4H3. The van der Waals surface area contributed by atoms with Crippen LogP contribution >= 0.6 is 0 Å². The van der Waals surface area contributed by atoms with Gasteiger partial charge in [0, 0.05) is 24.8 Å². The molecule has 0 bridgehead atoms. The highest BCUT2D eigenvalue weighted by Crippen LogP contribution is 2.31. The lowest BCUT2D eigenvalue weighted by atomic mass is 10.0.